The van der Waals surface area contributed by atoms with Crippen LogP contribution in [0.5, 0.6) is 11.6 Å². The third-order valence-corrected chi connectivity index (χ3v) is 4.55. The lowest BCUT2D eigenvalue weighted by Crippen LogP contribution is -2.13. The van der Waals surface area contributed by atoms with Crippen LogP contribution in [0.15, 0.2) is 71.3 Å². The molecule has 4 rings (SSSR count). The number of nitrogens with one attached hydrogen (secondary N) is 2. The average Bonchev–Trinajstić information content (AvgIpc) is 3.17. The molecule has 0 saturated heterocycles. The van der Waals surface area contributed by atoms with Gasteiger partial charge < -0.3 is 10.1 Å². The zero-order chi connectivity index (χ0) is 20.2. The fourth-order valence-electron chi connectivity index (χ4n) is 2.67. The molecule has 0 bridgehead atoms. The number of hydrogen-bond acceptors (Lipinski definition) is 5. The maximum absolute atomic E-state index is 12.9. The number of carbonyl (C=O) groups is 1. The van der Waals surface area contributed by atoms with Crippen molar-refractivity contribution in [3.05, 3.63) is 82.7 Å². The van der Waals surface area contributed by atoms with Gasteiger partial charge in [-0.3, -0.25) is 9.89 Å². The van der Waals surface area contributed by atoms with E-state index in [1.807, 2.05) is 37.3 Å². The average molecular weight is 450 g/mol. The van der Waals surface area contributed by atoms with E-state index in [-0.39, 0.29) is 11.8 Å². The Balaban J connectivity index is 1.55. The van der Waals surface area contributed by atoms with Gasteiger partial charge in [0.25, 0.3) is 5.91 Å². The van der Waals surface area contributed by atoms with Crippen molar-refractivity contribution in [3.8, 4) is 23.0 Å². The van der Waals surface area contributed by atoms with Crippen LogP contribution in [0.3, 0.4) is 0 Å². The highest BCUT2D eigenvalue weighted by atomic mass is 79.9. The molecule has 0 aliphatic heterocycles. The number of H-pyrrole nitrogens is 1. The summed E-state index contributed by atoms with van der Waals surface area (Å²) in [6, 6.07) is 18.0. The molecule has 0 radical (unpaired) electrons. The van der Waals surface area contributed by atoms with E-state index in [1.54, 1.807) is 36.5 Å². The zero-order valence-electron chi connectivity index (χ0n) is 15.4. The van der Waals surface area contributed by atoms with Crippen LogP contribution < -0.4 is 10.1 Å². The highest BCUT2D eigenvalue weighted by Gasteiger charge is 2.15. The summed E-state index contributed by atoms with van der Waals surface area (Å²) < 4.78 is 6.74. The molecule has 2 N–H and O–H groups in total. The van der Waals surface area contributed by atoms with Gasteiger partial charge in [0.1, 0.15) is 17.1 Å². The van der Waals surface area contributed by atoms with Crippen molar-refractivity contribution in [2.45, 2.75) is 6.92 Å². The summed E-state index contributed by atoms with van der Waals surface area (Å²) in [5, 5.41) is 9.84. The van der Waals surface area contributed by atoms with E-state index >= 15 is 0 Å². The molecule has 0 atom stereocenters. The summed E-state index contributed by atoms with van der Waals surface area (Å²) in [4.78, 5) is 21.4. The number of pyridine rings is 1. The number of anilines is 1. The lowest BCUT2D eigenvalue weighted by molar-refractivity contribution is 0.102. The van der Waals surface area contributed by atoms with Crippen LogP contribution >= 0.6 is 15.9 Å². The van der Waals surface area contributed by atoms with Crippen LogP contribution in [-0.2, 0) is 0 Å². The van der Waals surface area contributed by atoms with E-state index in [2.05, 4.69) is 41.4 Å². The first-order valence-electron chi connectivity index (χ1n) is 8.78. The number of benzene rings is 2. The van der Waals surface area contributed by atoms with Crippen molar-refractivity contribution >= 4 is 27.5 Å². The molecule has 144 valence electrons. The van der Waals surface area contributed by atoms with E-state index in [1.165, 1.54) is 0 Å². The molecule has 4 aromatic rings. The second-order valence-corrected chi connectivity index (χ2v) is 7.11. The molecule has 0 aliphatic rings. The first kappa shape index (κ1) is 18.8. The number of aromatic nitrogens is 4. The van der Waals surface area contributed by atoms with Crippen molar-refractivity contribution in [2.75, 3.05) is 5.32 Å². The van der Waals surface area contributed by atoms with E-state index in [9.17, 15) is 4.79 Å². The summed E-state index contributed by atoms with van der Waals surface area (Å²) in [5.74, 6) is 1.78. The standard InChI is InChI=1S/C21H16BrN5O2/c1-13-24-19(27-26-13)14-4-2-5-16(12-14)25-20(28)18-6-3-11-23-21(18)29-17-9-7-15(22)8-10-17/h2-12H,1H3,(H,25,28)(H,24,26,27). The number of hydrogen-bond donors (Lipinski definition) is 2. The molecule has 0 aliphatic carbocycles. The molecule has 0 spiro atoms. The van der Waals surface area contributed by atoms with Crippen molar-refractivity contribution in [3.63, 3.8) is 0 Å². The number of aryl methyl sites for hydroxylation is 1. The summed E-state index contributed by atoms with van der Waals surface area (Å²) >= 11 is 3.38. The fraction of sp³-hybridized carbons (Fsp3) is 0.0476. The Morgan fingerprint density at radius 1 is 1.10 bits per heavy atom. The number of halogens is 1. The first-order chi connectivity index (χ1) is 14.1. The molecule has 0 unspecified atom stereocenters. The third kappa shape index (κ3) is 4.49. The van der Waals surface area contributed by atoms with Crippen molar-refractivity contribution in [1.29, 1.82) is 0 Å². The molecule has 1 amide bonds. The number of aromatic amines is 1. The maximum Gasteiger partial charge on any atom is 0.261 e. The van der Waals surface area contributed by atoms with Crippen LogP contribution in [0.2, 0.25) is 0 Å². The largest absolute Gasteiger partial charge is 0.438 e. The van der Waals surface area contributed by atoms with Crippen LogP contribution in [0.1, 0.15) is 16.2 Å². The lowest BCUT2D eigenvalue weighted by Gasteiger charge is -2.11. The smallest absolute Gasteiger partial charge is 0.261 e. The summed E-state index contributed by atoms with van der Waals surface area (Å²) in [6.07, 6.45) is 1.58. The van der Waals surface area contributed by atoms with Crippen molar-refractivity contribution in [1.82, 2.24) is 20.2 Å². The van der Waals surface area contributed by atoms with Gasteiger partial charge in [0, 0.05) is 21.9 Å². The van der Waals surface area contributed by atoms with Crippen molar-refractivity contribution in [2.24, 2.45) is 0 Å². The normalized spacial score (nSPS) is 10.6. The van der Waals surface area contributed by atoms with Crippen molar-refractivity contribution < 1.29 is 9.53 Å². The molecule has 2 heterocycles. The van der Waals surface area contributed by atoms with Crippen LogP contribution in [0.25, 0.3) is 11.4 Å². The predicted molar refractivity (Wildman–Crippen MR) is 113 cm³/mol. The first-order valence-corrected chi connectivity index (χ1v) is 9.57. The molecule has 7 nitrogen and oxygen atoms in total. The van der Waals surface area contributed by atoms with Crippen LogP contribution in [-0.4, -0.2) is 26.1 Å². The van der Waals surface area contributed by atoms with Gasteiger partial charge in [-0.1, -0.05) is 28.1 Å². The minimum Gasteiger partial charge on any atom is -0.438 e. The minimum absolute atomic E-state index is 0.230. The van der Waals surface area contributed by atoms with Crippen LogP contribution in [0, 0.1) is 6.92 Å². The quantitative estimate of drug-likeness (QED) is 0.447. The Morgan fingerprint density at radius 2 is 1.93 bits per heavy atom. The van der Waals surface area contributed by atoms with Gasteiger partial charge in [-0.15, -0.1) is 0 Å². The maximum atomic E-state index is 12.9. The molecule has 2 aromatic heterocycles. The summed E-state index contributed by atoms with van der Waals surface area (Å²) in [7, 11) is 0. The van der Waals surface area contributed by atoms with E-state index < -0.39 is 0 Å². The Bertz CT molecular complexity index is 1160. The minimum atomic E-state index is -0.325. The van der Waals surface area contributed by atoms with Gasteiger partial charge in [0.05, 0.1) is 0 Å². The number of carbonyl (C=O) groups excluding carboxylic acids is 1. The third-order valence-electron chi connectivity index (χ3n) is 4.02. The molecule has 0 fully saturated rings. The highest BCUT2D eigenvalue weighted by Crippen LogP contribution is 2.26. The van der Waals surface area contributed by atoms with Gasteiger partial charge in [-0.05, 0) is 55.5 Å². The number of nitrogens with zero attached hydrogens (tertiary/aromatic N) is 3. The molecule has 29 heavy (non-hydrogen) atoms. The Morgan fingerprint density at radius 3 is 2.69 bits per heavy atom. The number of amides is 1. The SMILES string of the molecule is Cc1nc(-c2cccc(NC(=O)c3cccnc3Oc3ccc(Br)cc3)c2)n[nH]1. The fourth-order valence-corrected chi connectivity index (χ4v) is 2.93. The molecule has 0 saturated carbocycles. The topological polar surface area (TPSA) is 92.8 Å². The Hall–Kier alpha value is -3.52. The van der Waals surface area contributed by atoms with Crippen LogP contribution in [0.4, 0.5) is 5.69 Å². The molecule has 2 aromatic carbocycles. The molecule has 8 heteroatoms. The van der Waals surface area contributed by atoms with E-state index in [0.29, 0.717) is 22.8 Å². The molecular formula is C21H16BrN5O2. The van der Waals surface area contributed by atoms with Gasteiger partial charge in [-0.25, -0.2) is 9.97 Å². The number of rotatable bonds is 5. The Labute approximate surface area is 175 Å². The lowest BCUT2D eigenvalue weighted by atomic mass is 10.2. The zero-order valence-corrected chi connectivity index (χ0v) is 17.0. The van der Waals surface area contributed by atoms with Gasteiger partial charge in [-0.2, -0.15) is 5.10 Å². The monoisotopic (exact) mass is 449 g/mol. The second-order valence-electron chi connectivity index (χ2n) is 6.19. The highest BCUT2D eigenvalue weighted by molar-refractivity contribution is 9.10. The number of ether oxygens (including phenoxy) is 1. The summed E-state index contributed by atoms with van der Waals surface area (Å²) in [6.45, 7) is 1.83. The predicted octanol–water partition coefficient (Wildman–Crippen LogP) is 4.98. The van der Waals surface area contributed by atoms with Gasteiger partial charge >= 0.3 is 0 Å². The van der Waals surface area contributed by atoms with Gasteiger partial charge in [0.2, 0.25) is 5.88 Å². The van der Waals surface area contributed by atoms with E-state index in [0.717, 1.165) is 15.9 Å². The van der Waals surface area contributed by atoms with E-state index in [4.69, 9.17) is 4.74 Å². The Kier molecular flexibility index (Phi) is 5.35. The second kappa shape index (κ2) is 8.24. The molecular weight excluding hydrogens is 434 g/mol. The van der Waals surface area contributed by atoms with Gasteiger partial charge in [0.15, 0.2) is 5.82 Å². The summed E-state index contributed by atoms with van der Waals surface area (Å²) in [5.41, 5.74) is 1.74.